The largest absolute Gasteiger partial charge is 0.383 e. The molecule has 4 nitrogen and oxygen atoms in total. The van der Waals surface area contributed by atoms with E-state index in [9.17, 15) is 0 Å². The summed E-state index contributed by atoms with van der Waals surface area (Å²) in [4.78, 5) is 11.3. The van der Waals surface area contributed by atoms with Gasteiger partial charge in [-0.3, -0.25) is 0 Å². The second-order valence-electron chi connectivity index (χ2n) is 5.15. The molecule has 1 atom stereocenters. The van der Waals surface area contributed by atoms with Gasteiger partial charge in [-0.25, -0.2) is 9.97 Å². The van der Waals surface area contributed by atoms with Crippen molar-refractivity contribution in [2.75, 3.05) is 18.1 Å². The molecule has 2 aromatic rings. The van der Waals surface area contributed by atoms with Gasteiger partial charge in [-0.15, -0.1) is 11.3 Å². The molecule has 0 saturated carbocycles. The maximum atomic E-state index is 6.09. The highest BCUT2D eigenvalue weighted by molar-refractivity contribution is 7.99. The van der Waals surface area contributed by atoms with E-state index in [1.54, 1.807) is 23.1 Å². The van der Waals surface area contributed by atoms with Crippen LogP contribution in [0.5, 0.6) is 0 Å². The molecule has 0 aliphatic carbocycles. The lowest BCUT2D eigenvalue weighted by Crippen LogP contribution is -2.21. The van der Waals surface area contributed by atoms with Gasteiger partial charge < -0.3 is 10.5 Å². The number of nitrogens with two attached hydrogens (primary N) is 1. The summed E-state index contributed by atoms with van der Waals surface area (Å²) >= 11 is 3.34. The highest BCUT2D eigenvalue weighted by atomic mass is 32.2. The molecule has 2 aromatic heterocycles. The normalized spacial score (nSPS) is 19.6. The average Bonchev–Trinajstić information content (AvgIpc) is 2.73. The Hall–Kier alpha value is -0.850. The van der Waals surface area contributed by atoms with Crippen LogP contribution in [0.1, 0.15) is 29.7 Å². The van der Waals surface area contributed by atoms with Crippen molar-refractivity contribution in [2.45, 2.75) is 44.4 Å². The van der Waals surface area contributed by atoms with Crippen LogP contribution in [0.4, 0.5) is 5.82 Å². The fourth-order valence-corrected chi connectivity index (χ4v) is 4.44. The van der Waals surface area contributed by atoms with Gasteiger partial charge in [0.2, 0.25) is 0 Å². The maximum absolute atomic E-state index is 6.09. The van der Waals surface area contributed by atoms with E-state index in [0.29, 0.717) is 11.9 Å². The topological polar surface area (TPSA) is 61.0 Å². The van der Waals surface area contributed by atoms with Gasteiger partial charge in [-0.1, -0.05) is 11.8 Å². The first-order valence-corrected chi connectivity index (χ1v) is 8.73. The molecule has 0 amide bonds. The van der Waals surface area contributed by atoms with Gasteiger partial charge in [0.25, 0.3) is 0 Å². The number of nitrogen functional groups attached to an aromatic ring is 1. The van der Waals surface area contributed by atoms with Crippen LogP contribution >= 0.6 is 23.1 Å². The third-order valence-corrected chi connectivity index (χ3v) is 5.79. The number of hydrogen-bond donors (Lipinski definition) is 1. The van der Waals surface area contributed by atoms with E-state index in [4.69, 9.17) is 10.5 Å². The van der Waals surface area contributed by atoms with Crippen LogP contribution in [0, 0.1) is 13.8 Å². The van der Waals surface area contributed by atoms with Crippen molar-refractivity contribution >= 4 is 39.1 Å². The fraction of sp³-hybridized carbons (Fsp3) is 0.571. The van der Waals surface area contributed by atoms with Crippen LogP contribution < -0.4 is 5.73 Å². The van der Waals surface area contributed by atoms with E-state index in [-0.39, 0.29) is 0 Å². The Balaban J connectivity index is 1.78. The highest BCUT2D eigenvalue weighted by Crippen LogP contribution is 2.33. The number of aromatic nitrogens is 2. The number of ether oxygens (including phenoxy) is 1. The molecule has 1 saturated heterocycles. The van der Waals surface area contributed by atoms with Crippen molar-refractivity contribution in [1.82, 2.24) is 9.97 Å². The third kappa shape index (κ3) is 2.77. The Morgan fingerprint density at radius 1 is 1.35 bits per heavy atom. The van der Waals surface area contributed by atoms with Crippen LogP contribution in [0.25, 0.3) is 10.2 Å². The minimum Gasteiger partial charge on any atom is -0.383 e. The van der Waals surface area contributed by atoms with Crippen LogP contribution in [0.3, 0.4) is 0 Å². The molecule has 6 heteroatoms. The Labute approximate surface area is 127 Å². The molecule has 0 bridgehead atoms. The molecule has 3 heterocycles. The second-order valence-corrected chi connectivity index (χ2v) is 7.34. The Bertz CT molecular complexity index is 620. The van der Waals surface area contributed by atoms with Crippen molar-refractivity contribution in [1.29, 1.82) is 0 Å². The number of nitrogens with zero attached hydrogens (tertiary/aromatic N) is 2. The van der Waals surface area contributed by atoms with Crippen LogP contribution in [-0.2, 0) is 4.74 Å². The number of anilines is 1. The molecule has 3 rings (SSSR count). The van der Waals surface area contributed by atoms with Gasteiger partial charge in [-0.2, -0.15) is 0 Å². The number of hydrogen-bond acceptors (Lipinski definition) is 6. The Morgan fingerprint density at radius 3 is 2.95 bits per heavy atom. The molecule has 108 valence electrons. The monoisotopic (exact) mass is 309 g/mol. The number of thioether (sulfide) groups is 1. The van der Waals surface area contributed by atoms with Gasteiger partial charge in [-0.05, 0) is 38.7 Å². The first-order valence-electron chi connectivity index (χ1n) is 6.93. The summed E-state index contributed by atoms with van der Waals surface area (Å²) in [5, 5.41) is 1.79. The maximum Gasteiger partial charge on any atom is 0.190 e. The predicted octanol–water partition coefficient (Wildman–Crippen LogP) is 3.55. The van der Waals surface area contributed by atoms with Gasteiger partial charge in [0.1, 0.15) is 10.6 Å². The third-order valence-electron chi connectivity index (χ3n) is 3.71. The number of fused-ring (bicyclic) bond motifs is 1. The lowest BCUT2D eigenvalue weighted by atomic mass is 10.1. The molecular formula is C14H19N3OS2. The number of aryl methyl sites for hydroxylation is 2. The summed E-state index contributed by atoms with van der Waals surface area (Å²) in [6.07, 6.45) is 3.92. The van der Waals surface area contributed by atoms with Crippen LogP contribution in [-0.4, -0.2) is 28.4 Å². The molecule has 1 aliphatic heterocycles. The zero-order valence-corrected chi connectivity index (χ0v) is 13.4. The quantitative estimate of drug-likeness (QED) is 0.694. The summed E-state index contributed by atoms with van der Waals surface area (Å²) in [7, 11) is 0. The molecule has 0 radical (unpaired) electrons. The first kappa shape index (κ1) is 14.1. The van der Waals surface area contributed by atoms with Crippen molar-refractivity contribution < 1.29 is 4.74 Å². The predicted molar refractivity (Wildman–Crippen MR) is 85.6 cm³/mol. The smallest absolute Gasteiger partial charge is 0.190 e. The van der Waals surface area contributed by atoms with E-state index in [1.165, 1.54) is 23.3 Å². The van der Waals surface area contributed by atoms with Crippen molar-refractivity contribution in [3.05, 3.63) is 10.4 Å². The SMILES string of the molecule is Cc1sc2nc(SC[C@H]3CCCCO3)nc(N)c2c1C. The average molecular weight is 309 g/mol. The number of rotatable bonds is 3. The van der Waals surface area contributed by atoms with Gasteiger partial charge >= 0.3 is 0 Å². The minimum absolute atomic E-state index is 0.334. The van der Waals surface area contributed by atoms with E-state index in [1.807, 2.05) is 0 Å². The van der Waals surface area contributed by atoms with Crippen LogP contribution in [0.15, 0.2) is 5.16 Å². The van der Waals surface area contributed by atoms with Gasteiger partial charge in [0.05, 0.1) is 11.5 Å². The van der Waals surface area contributed by atoms with Crippen LogP contribution in [0.2, 0.25) is 0 Å². The Morgan fingerprint density at radius 2 is 2.20 bits per heavy atom. The highest BCUT2D eigenvalue weighted by Gasteiger charge is 2.17. The molecule has 1 fully saturated rings. The standard InChI is InChI=1S/C14H19N3OS2/c1-8-9(2)20-13-11(8)12(15)16-14(17-13)19-7-10-5-3-4-6-18-10/h10H,3-7H2,1-2H3,(H2,15,16,17)/t10-/m1/s1. The molecule has 0 spiro atoms. The molecule has 2 N–H and O–H groups in total. The molecule has 20 heavy (non-hydrogen) atoms. The fourth-order valence-electron chi connectivity index (χ4n) is 2.43. The molecule has 1 aliphatic rings. The van der Waals surface area contributed by atoms with E-state index in [2.05, 4.69) is 23.8 Å². The zero-order chi connectivity index (χ0) is 14.1. The zero-order valence-electron chi connectivity index (χ0n) is 11.8. The summed E-state index contributed by atoms with van der Waals surface area (Å²) in [5.74, 6) is 1.51. The van der Waals surface area contributed by atoms with Gasteiger partial charge in [0, 0.05) is 17.2 Å². The van der Waals surface area contributed by atoms with Crippen molar-refractivity contribution in [2.24, 2.45) is 0 Å². The van der Waals surface area contributed by atoms with Gasteiger partial charge in [0.15, 0.2) is 5.16 Å². The summed E-state index contributed by atoms with van der Waals surface area (Å²) in [6.45, 7) is 5.07. The molecule has 0 unspecified atom stereocenters. The van der Waals surface area contributed by atoms with E-state index >= 15 is 0 Å². The minimum atomic E-state index is 0.334. The molecular weight excluding hydrogens is 290 g/mol. The summed E-state index contributed by atoms with van der Waals surface area (Å²) in [5.41, 5.74) is 7.29. The summed E-state index contributed by atoms with van der Waals surface area (Å²) in [6, 6.07) is 0. The Kier molecular flexibility index (Phi) is 4.14. The molecule has 0 aromatic carbocycles. The number of thiophene rings is 1. The van der Waals surface area contributed by atoms with E-state index < -0.39 is 0 Å². The lowest BCUT2D eigenvalue weighted by molar-refractivity contribution is 0.0315. The first-order chi connectivity index (χ1) is 9.65. The lowest BCUT2D eigenvalue weighted by Gasteiger charge is -2.21. The van der Waals surface area contributed by atoms with E-state index in [0.717, 1.165) is 34.2 Å². The summed E-state index contributed by atoms with van der Waals surface area (Å²) < 4.78 is 5.74. The second kappa shape index (κ2) is 5.87. The van der Waals surface area contributed by atoms with Crippen molar-refractivity contribution in [3.8, 4) is 0 Å². The van der Waals surface area contributed by atoms with Crippen molar-refractivity contribution in [3.63, 3.8) is 0 Å².